The van der Waals surface area contributed by atoms with Gasteiger partial charge in [0.05, 0.1) is 62.0 Å². The smallest absolute Gasteiger partial charge is 0.267 e. The number of thioether (sulfide) groups is 1. The molecule has 0 saturated carbocycles. The number of sulfonamides is 1. The van der Waals surface area contributed by atoms with Gasteiger partial charge in [-0.05, 0) is 61.5 Å². The van der Waals surface area contributed by atoms with Crippen LogP contribution in [0.2, 0.25) is 40.2 Å². The number of hydrogen-bond acceptors (Lipinski definition) is 6. The first kappa shape index (κ1) is 41.6. The molecule has 1 unspecified atom stereocenters. The average molecular weight is 937 g/mol. The molecule has 5 aromatic rings. The molecule has 1 heterocycles. The fourth-order valence-corrected chi connectivity index (χ4v) is 9.72. The minimum atomic E-state index is -4.03. The summed E-state index contributed by atoms with van der Waals surface area (Å²) in [7, 11) is -2.62. The lowest BCUT2D eigenvalue weighted by Crippen LogP contribution is -2.36. The molecule has 0 bridgehead atoms. The van der Waals surface area contributed by atoms with E-state index in [1.165, 1.54) is 49.5 Å². The predicted octanol–water partition coefficient (Wildman–Crippen LogP) is 12.0. The van der Waals surface area contributed by atoms with E-state index in [9.17, 15) is 18.0 Å². The largest absolute Gasteiger partial charge is 0.322 e. The highest BCUT2D eigenvalue weighted by Crippen LogP contribution is 2.49. The summed E-state index contributed by atoms with van der Waals surface area (Å²) >= 11 is 52.3. The highest BCUT2D eigenvalue weighted by molar-refractivity contribution is 8.01. The molecule has 1 aliphatic rings. The lowest BCUT2D eigenvalue weighted by Gasteiger charge is -2.23. The number of rotatable bonds is 9. The van der Waals surface area contributed by atoms with Crippen molar-refractivity contribution in [2.75, 3.05) is 21.7 Å². The van der Waals surface area contributed by atoms with Gasteiger partial charge in [-0.3, -0.25) is 19.3 Å². The molecule has 1 aliphatic heterocycles. The van der Waals surface area contributed by atoms with Crippen LogP contribution in [0.4, 0.5) is 22.7 Å². The zero-order valence-electron chi connectivity index (χ0n) is 28.0. The molecule has 0 spiro atoms. The molecule has 1 fully saturated rings. The summed E-state index contributed by atoms with van der Waals surface area (Å²) in [5.74, 6) is -1.22. The fraction of sp³-hybridized carbons (Fsp3) is 0.0833. The van der Waals surface area contributed by atoms with Crippen molar-refractivity contribution in [2.24, 2.45) is 4.99 Å². The lowest BCUT2D eigenvalue weighted by atomic mass is 10.2. The van der Waals surface area contributed by atoms with E-state index in [0.29, 0.717) is 4.90 Å². The van der Waals surface area contributed by atoms with Crippen LogP contribution in [-0.4, -0.2) is 38.4 Å². The van der Waals surface area contributed by atoms with Crippen molar-refractivity contribution < 1.29 is 18.0 Å². The number of carbonyl (C=O) groups is 2. The highest BCUT2D eigenvalue weighted by atomic mass is 35.5. The first-order valence-electron chi connectivity index (χ1n) is 15.6. The Morgan fingerprint density at radius 3 is 2.04 bits per heavy atom. The van der Waals surface area contributed by atoms with Crippen LogP contribution < -0.4 is 20.1 Å². The number of aryl methyl sites for hydroxylation is 1. The van der Waals surface area contributed by atoms with Crippen LogP contribution in [0, 0.1) is 6.92 Å². The van der Waals surface area contributed by atoms with Gasteiger partial charge in [-0.15, -0.1) is 11.8 Å². The SMILES string of the molecule is Cc1ccc(S(=O)(=O)N(C)c2ccccc2SC2C(=O)N(c3c(Cl)c(Cl)c(Cl)c(Cl)c3Cl)NC2=Nc2cc(NC(=O)c3c(Cl)cccc3Cl)ccc2Cl)cc1. The third kappa shape index (κ3) is 8.34. The second-order valence-electron chi connectivity index (χ2n) is 11.7. The minimum Gasteiger partial charge on any atom is -0.322 e. The predicted molar refractivity (Wildman–Crippen MR) is 228 cm³/mol. The number of nitrogens with one attached hydrogen (secondary N) is 2. The summed E-state index contributed by atoms with van der Waals surface area (Å²) in [5.41, 5.74) is 4.45. The Bertz CT molecular complexity index is 2470. The van der Waals surface area contributed by atoms with Gasteiger partial charge in [0, 0.05) is 17.6 Å². The van der Waals surface area contributed by atoms with Crippen molar-refractivity contribution in [3.8, 4) is 0 Å². The zero-order valence-corrected chi connectivity index (χ0v) is 35.7. The first-order chi connectivity index (χ1) is 26.0. The Labute approximate surface area is 360 Å². The van der Waals surface area contributed by atoms with Gasteiger partial charge in [-0.25, -0.2) is 18.4 Å². The molecule has 6 rings (SSSR count). The molecule has 55 heavy (non-hydrogen) atoms. The minimum absolute atomic E-state index is 0.0164. The van der Waals surface area contributed by atoms with Gasteiger partial charge in [-0.1, -0.05) is 129 Å². The molecular weight excluding hydrogens is 914 g/mol. The maximum absolute atomic E-state index is 14.5. The van der Waals surface area contributed by atoms with E-state index in [1.54, 1.807) is 42.5 Å². The van der Waals surface area contributed by atoms with E-state index < -0.39 is 27.1 Å². The number of nitrogens with zero attached hydrogens (tertiary/aromatic N) is 3. The summed E-state index contributed by atoms with van der Waals surface area (Å²) in [6.07, 6.45) is 0. The van der Waals surface area contributed by atoms with E-state index in [1.807, 2.05) is 6.92 Å². The molecule has 284 valence electrons. The van der Waals surface area contributed by atoms with Crippen molar-refractivity contribution in [2.45, 2.75) is 22.0 Å². The molecule has 19 heteroatoms. The first-order valence-corrected chi connectivity index (χ1v) is 20.9. The molecule has 5 aromatic carbocycles. The van der Waals surface area contributed by atoms with Crippen molar-refractivity contribution in [1.82, 2.24) is 5.43 Å². The molecule has 9 nitrogen and oxygen atoms in total. The Morgan fingerprint density at radius 1 is 0.800 bits per heavy atom. The van der Waals surface area contributed by atoms with E-state index in [2.05, 4.69) is 10.7 Å². The summed E-state index contributed by atoms with van der Waals surface area (Å²) in [6.45, 7) is 1.85. The number of carbonyl (C=O) groups excluding carboxylic acids is 2. The van der Waals surface area contributed by atoms with Crippen molar-refractivity contribution >= 4 is 155 Å². The van der Waals surface area contributed by atoms with E-state index >= 15 is 0 Å². The second kappa shape index (κ2) is 16.8. The monoisotopic (exact) mass is 933 g/mol. The lowest BCUT2D eigenvalue weighted by molar-refractivity contribution is -0.116. The van der Waals surface area contributed by atoms with Crippen molar-refractivity contribution in [3.63, 3.8) is 0 Å². The van der Waals surface area contributed by atoms with Crippen molar-refractivity contribution in [1.29, 1.82) is 0 Å². The number of benzene rings is 5. The van der Waals surface area contributed by atoms with Crippen LogP contribution in [0.5, 0.6) is 0 Å². The van der Waals surface area contributed by atoms with Crippen molar-refractivity contribution in [3.05, 3.63) is 136 Å². The molecular formula is C36H23Cl8N5O4S2. The number of hydrogen-bond donors (Lipinski definition) is 2. The Kier molecular flexibility index (Phi) is 12.7. The number of para-hydroxylation sites is 1. The standard InChI is InChI=1S/C36H23Cl8N5O4S2/c1-17-10-13-19(14-11-17)55(52,53)48(2)24-8-3-4-9-25(24)54-33-34(47-49(36(33)51)32-30(43)28(41)27(40)29(42)31(32)44)46-23-16-18(12-15-20(23)37)45-35(50)26-21(38)6-5-7-22(26)39/h3-16,33H,1-2H3,(H,45,50)(H,46,47). The second-order valence-corrected chi connectivity index (χ2v) is 17.9. The quantitative estimate of drug-likeness (QED) is 0.112. The Hall–Kier alpha value is -3.07. The molecule has 2 amide bonds. The van der Waals surface area contributed by atoms with Gasteiger partial charge in [-0.2, -0.15) is 0 Å². The number of amidine groups is 1. The van der Waals surface area contributed by atoms with Gasteiger partial charge in [0.15, 0.2) is 0 Å². The third-order valence-corrected chi connectivity index (χ3v) is 14.3. The van der Waals surface area contributed by atoms with Gasteiger partial charge in [0.2, 0.25) is 0 Å². The van der Waals surface area contributed by atoms with Gasteiger partial charge in [0.1, 0.15) is 16.8 Å². The van der Waals surface area contributed by atoms with E-state index in [-0.39, 0.29) is 79.2 Å². The summed E-state index contributed by atoms with van der Waals surface area (Å²) in [5, 5.41) is 2.18. The molecule has 0 aliphatic carbocycles. The number of anilines is 3. The van der Waals surface area contributed by atoms with Crippen LogP contribution >= 0.6 is 105 Å². The fourth-order valence-electron chi connectivity index (χ4n) is 5.26. The van der Waals surface area contributed by atoms with Gasteiger partial charge < -0.3 is 5.32 Å². The van der Waals surface area contributed by atoms with Crippen LogP contribution in [0.3, 0.4) is 0 Å². The molecule has 1 saturated heterocycles. The van der Waals surface area contributed by atoms with Gasteiger partial charge in [0.25, 0.3) is 21.8 Å². The maximum Gasteiger partial charge on any atom is 0.267 e. The van der Waals surface area contributed by atoms with Crippen LogP contribution in [0.25, 0.3) is 0 Å². The topological polar surface area (TPSA) is 111 Å². The average Bonchev–Trinajstić information content (AvgIpc) is 3.44. The molecule has 0 radical (unpaired) electrons. The number of halogens is 8. The van der Waals surface area contributed by atoms with Gasteiger partial charge >= 0.3 is 0 Å². The van der Waals surface area contributed by atoms with E-state index in [0.717, 1.165) is 26.6 Å². The summed E-state index contributed by atoms with van der Waals surface area (Å²) < 4.78 is 28.6. The highest BCUT2D eigenvalue weighted by Gasteiger charge is 2.43. The normalized spacial score (nSPS) is 15.0. The Morgan fingerprint density at radius 2 is 1.40 bits per heavy atom. The maximum atomic E-state index is 14.5. The number of hydrazine groups is 1. The summed E-state index contributed by atoms with van der Waals surface area (Å²) in [6, 6.07) is 22.2. The molecule has 2 N–H and O–H groups in total. The number of amides is 2. The number of aliphatic imine (C=N–C) groups is 1. The molecule has 1 atom stereocenters. The van der Waals surface area contributed by atoms with Crippen LogP contribution in [0.1, 0.15) is 15.9 Å². The van der Waals surface area contributed by atoms with Crippen LogP contribution in [0.15, 0.2) is 99.7 Å². The molecule has 0 aromatic heterocycles. The summed E-state index contributed by atoms with van der Waals surface area (Å²) in [4.78, 5) is 32.8. The van der Waals surface area contributed by atoms with E-state index in [4.69, 9.17) is 97.8 Å². The zero-order chi connectivity index (χ0) is 39.9. The van der Waals surface area contributed by atoms with Crippen LogP contribution in [-0.2, 0) is 14.8 Å². The third-order valence-electron chi connectivity index (χ3n) is 8.09. The Balaban J connectivity index is 1.43.